The SMILES string of the molecule is CC.CC.CC1(C)c2ccc3ccc4ccccc4c3c2-c2ccc3cc4ccccc4cc3c21. The Hall–Kier alpha value is -3.64. The molecule has 0 saturated heterocycles. The van der Waals surface area contributed by atoms with Crippen molar-refractivity contribution in [3.05, 3.63) is 108 Å². The maximum Gasteiger partial charge on any atom is 0.0165 e. The van der Waals surface area contributed by atoms with E-state index in [0.29, 0.717) is 0 Å². The zero-order valence-electron chi connectivity index (χ0n) is 21.7. The van der Waals surface area contributed by atoms with E-state index in [0.717, 1.165) is 0 Å². The summed E-state index contributed by atoms with van der Waals surface area (Å²) in [6.07, 6.45) is 0. The Labute approximate surface area is 209 Å². The van der Waals surface area contributed by atoms with Crippen molar-refractivity contribution in [3.63, 3.8) is 0 Å². The van der Waals surface area contributed by atoms with Crippen LogP contribution in [0.25, 0.3) is 54.2 Å². The molecule has 0 aliphatic heterocycles. The summed E-state index contributed by atoms with van der Waals surface area (Å²) in [7, 11) is 0. The third-order valence-corrected chi connectivity index (χ3v) is 7.36. The number of benzene rings is 6. The van der Waals surface area contributed by atoms with Gasteiger partial charge in [-0.15, -0.1) is 0 Å². The fourth-order valence-corrected chi connectivity index (χ4v) is 5.93. The summed E-state index contributed by atoms with van der Waals surface area (Å²) in [5.74, 6) is 0. The zero-order chi connectivity index (χ0) is 24.7. The minimum atomic E-state index is -0.0439. The average molecular weight is 455 g/mol. The predicted octanol–water partition coefficient (Wildman–Crippen LogP) is 10.7. The third-order valence-electron chi connectivity index (χ3n) is 7.36. The Morgan fingerprint density at radius 1 is 0.486 bits per heavy atom. The second kappa shape index (κ2) is 8.86. The smallest absolute Gasteiger partial charge is 0.0165 e. The van der Waals surface area contributed by atoms with Crippen molar-refractivity contribution >= 4 is 43.1 Å². The molecule has 1 aliphatic rings. The Morgan fingerprint density at radius 3 is 1.80 bits per heavy atom. The molecular formula is C35H34. The topological polar surface area (TPSA) is 0 Å². The molecule has 6 aromatic carbocycles. The Balaban J connectivity index is 0.000000605. The van der Waals surface area contributed by atoms with Gasteiger partial charge in [0.2, 0.25) is 0 Å². The van der Waals surface area contributed by atoms with Crippen LogP contribution in [-0.2, 0) is 5.41 Å². The molecule has 1 aliphatic carbocycles. The molecular weight excluding hydrogens is 420 g/mol. The van der Waals surface area contributed by atoms with Crippen molar-refractivity contribution in [3.8, 4) is 11.1 Å². The van der Waals surface area contributed by atoms with Crippen LogP contribution in [-0.4, -0.2) is 0 Å². The fourth-order valence-electron chi connectivity index (χ4n) is 5.93. The number of hydrogen-bond donors (Lipinski definition) is 0. The molecule has 0 amide bonds. The first-order valence-corrected chi connectivity index (χ1v) is 13.0. The van der Waals surface area contributed by atoms with Crippen LogP contribution >= 0.6 is 0 Å². The van der Waals surface area contributed by atoms with Crippen molar-refractivity contribution < 1.29 is 0 Å². The van der Waals surface area contributed by atoms with E-state index in [4.69, 9.17) is 0 Å². The van der Waals surface area contributed by atoms with Gasteiger partial charge < -0.3 is 0 Å². The molecule has 0 heterocycles. The van der Waals surface area contributed by atoms with Gasteiger partial charge in [0, 0.05) is 5.41 Å². The number of fused-ring (bicyclic) bond motifs is 10. The molecule has 174 valence electrons. The molecule has 0 saturated carbocycles. The first-order valence-electron chi connectivity index (χ1n) is 13.0. The van der Waals surface area contributed by atoms with Gasteiger partial charge in [-0.2, -0.15) is 0 Å². The molecule has 0 fully saturated rings. The number of hydrogen-bond acceptors (Lipinski definition) is 0. The maximum atomic E-state index is 2.40. The van der Waals surface area contributed by atoms with E-state index in [-0.39, 0.29) is 5.41 Å². The van der Waals surface area contributed by atoms with Gasteiger partial charge in [-0.3, -0.25) is 0 Å². The molecule has 0 bridgehead atoms. The Morgan fingerprint density at radius 2 is 1.06 bits per heavy atom. The molecule has 35 heavy (non-hydrogen) atoms. The highest BCUT2D eigenvalue weighted by molar-refractivity contribution is 6.18. The highest BCUT2D eigenvalue weighted by atomic mass is 14.4. The van der Waals surface area contributed by atoms with Crippen LogP contribution in [0.5, 0.6) is 0 Å². The third kappa shape index (κ3) is 3.35. The molecule has 0 heteroatoms. The second-order valence-corrected chi connectivity index (χ2v) is 9.41. The number of rotatable bonds is 0. The molecule has 0 nitrogen and oxygen atoms in total. The van der Waals surface area contributed by atoms with Gasteiger partial charge >= 0.3 is 0 Å². The molecule has 0 aromatic heterocycles. The van der Waals surface area contributed by atoms with Crippen LogP contribution in [0.3, 0.4) is 0 Å². The normalized spacial score (nSPS) is 13.1. The molecule has 6 aromatic rings. The van der Waals surface area contributed by atoms with Crippen molar-refractivity contribution in [2.75, 3.05) is 0 Å². The molecule has 0 radical (unpaired) electrons. The quantitative estimate of drug-likeness (QED) is 0.158. The van der Waals surface area contributed by atoms with Crippen LogP contribution in [0.2, 0.25) is 0 Å². The van der Waals surface area contributed by atoms with Crippen LogP contribution in [0, 0.1) is 0 Å². The summed E-state index contributed by atoms with van der Waals surface area (Å²) in [4.78, 5) is 0. The van der Waals surface area contributed by atoms with Crippen molar-refractivity contribution in [2.24, 2.45) is 0 Å². The van der Waals surface area contributed by atoms with E-state index in [1.807, 2.05) is 27.7 Å². The Kier molecular flexibility index (Phi) is 5.85. The monoisotopic (exact) mass is 454 g/mol. The highest BCUT2D eigenvalue weighted by Crippen LogP contribution is 2.54. The van der Waals surface area contributed by atoms with Crippen molar-refractivity contribution in [1.82, 2.24) is 0 Å². The van der Waals surface area contributed by atoms with Crippen LogP contribution in [0.4, 0.5) is 0 Å². The van der Waals surface area contributed by atoms with Crippen molar-refractivity contribution in [1.29, 1.82) is 0 Å². The van der Waals surface area contributed by atoms with Gasteiger partial charge in [0.15, 0.2) is 0 Å². The zero-order valence-corrected chi connectivity index (χ0v) is 21.7. The van der Waals surface area contributed by atoms with Gasteiger partial charge in [-0.25, -0.2) is 0 Å². The minimum absolute atomic E-state index is 0.0439. The molecule has 0 unspecified atom stereocenters. The lowest BCUT2D eigenvalue weighted by molar-refractivity contribution is 0.667. The van der Waals surface area contributed by atoms with E-state index in [2.05, 4.69) is 111 Å². The lowest BCUT2D eigenvalue weighted by Gasteiger charge is -2.23. The summed E-state index contributed by atoms with van der Waals surface area (Å²) in [6, 6.07) is 36.1. The summed E-state index contributed by atoms with van der Waals surface area (Å²) in [5, 5.41) is 10.7. The Bertz CT molecular complexity index is 1700. The van der Waals surface area contributed by atoms with Gasteiger partial charge in [-0.05, 0) is 77.5 Å². The largest absolute Gasteiger partial charge is 0.0683 e. The van der Waals surface area contributed by atoms with Gasteiger partial charge in [0.05, 0.1) is 0 Å². The maximum absolute atomic E-state index is 2.40. The summed E-state index contributed by atoms with van der Waals surface area (Å²) in [6.45, 7) is 12.8. The lowest BCUT2D eigenvalue weighted by atomic mass is 9.79. The summed E-state index contributed by atoms with van der Waals surface area (Å²) >= 11 is 0. The standard InChI is InChI=1S/C31H22.2C2H6/c1-31(2)27-16-14-20-12-11-19-7-5-6-10-24(19)28(20)29(27)25-15-13-23-17-21-8-3-4-9-22(21)18-26(23)30(25)31;2*1-2/h3-18H,1-2H3;2*1-2H3. The van der Waals surface area contributed by atoms with E-state index >= 15 is 0 Å². The molecule has 0 atom stereocenters. The summed E-state index contributed by atoms with van der Waals surface area (Å²) < 4.78 is 0. The van der Waals surface area contributed by atoms with E-state index < -0.39 is 0 Å². The van der Waals surface area contributed by atoms with Crippen LogP contribution < -0.4 is 0 Å². The first-order chi connectivity index (χ1) is 17.1. The van der Waals surface area contributed by atoms with E-state index in [1.54, 1.807) is 0 Å². The fraction of sp³-hybridized carbons (Fsp3) is 0.200. The molecule has 0 N–H and O–H groups in total. The first kappa shape index (κ1) is 23.1. The molecule has 0 spiro atoms. The van der Waals surface area contributed by atoms with E-state index in [9.17, 15) is 0 Å². The van der Waals surface area contributed by atoms with Gasteiger partial charge in [0.25, 0.3) is 0 Å². The lowest BCUT2D eigenvalue weighted by Crippen LogP contribution is -2.15. The second-order valence-electron chi connectivity index (χ2n) is 9.41. The van der Waals surface area contributed by atoms with Gasteiger partial charge in [-0.1, -0.05) is 126 Å². The predicted molar refractivity (Wildman–Crippen MR) is 157 cm³/mol. The van der Waals surface area contributed by atoms with Gasteiger partial charge in [0.1, 0.15) is 0 Å². The van der Waals surface area contributed by atoms with Crippen LogP contribution in [0.15, 0.2) is 97.1 Å². The van der Waals surface area contributed by atoms with Crippen molar-refractivity contribution in [2.45, 2.75) is 47.0 Å². The van der Waals surface area contributed by atoms with E-state index in [1.165, 1.54) is 65.3 Å². The molecule has 7 rings (SSSR count). The minimum Gasteiger partial charge on any atom is -0.0683 e. The van der Waals surface area contributed by atoms with Crippen LogP contribution in [0.1, 0.15) is 52.7 Å². The summed E-state index contributed by atoms with van der Waals surface area (Å²) in [5.41, 5.74) is 5.67. The average Bonchev–Trinajstić information content (AvgIpc) is 3.16. The highest BCUT2D eigenvalue weighted by Gasteiger charge is 2.38.